The third-order valence-corrected chi connectivity index (χ3v) is 3.76. The standard InChI is InChI=1S/C14H13F3N2O2/c15-14(16,17)7-1-2-10-9(5-7)8-3-4-18-11(6-12(20)21)13(8)19-10/h1-2,5,11,18-19H,3-4,6H2,(H,20,21). The first kappa shape index (κ1) is 13.9. The minimum absolute atomic E-state index is 0.105. The number of H-pyrrole nitrogens is 1. The normalized spacial score (nSPS) is 18.7. The predicted octanol–water partition coefficient (Wildman–Crippen LogP) is 2.85. The van der Waals surface area contributed by atoms with Gasteiger partial charge in [0.2, 0.25) is 0 Å². The van der Waals surface area contributed by atoms with Crippen LogP contribution in [-0.4, -0.2) is 22.6 Å². The topological polar surface area (TPSA) is 65.1 Å². The molecule has 1 aliphatic rings. The van der Waals surface area contributed by atoms with Crippen LogP contribution < -0.4 is 5.32 Å². The Morgan fingerprint density at radius 2 is 2.14 bits per heavy atom. The van der Waals surface area contributed by atoms with Gasteiger partial charge in [-0.15, -0.1) is 0 Å². The fraction of sp³-hybridized carbons (Fsp3) is 0.357. The van der Waals surface area contributed by atoms with E-state index in [0.29, 0.717) is 29.6 Å². The molecular weight excluding hydrogens is 285 g/mol. The Hall–Kier alpha value is -2.02. The van der Waals surface area contributed by atoms with Crippen LogP contribution in [-0.2, 0) is 17.4 Å². The molecule has 2 heterocycles. The fourth-order valence-corrected chi connectivity index (χ4v) is 2.83. The maximum atomic E-state index is 12.8. The van der Waals surface area contributed by atoms with E-state index < -0.39 is 23.8 Å². The summed E-state index contributed by atoms with van der Waals surface area (Å²) in [5, 5.41) is 12.5. The van der Waals surface area contributed by atoms with E-state index in [4.69, 9.17) is 5.11 Å². The average molecular weight is 298 g/mol. The van der Waals surface area contributed by atoms with Crippen LogP contribution in [0.4, 0.5) is 13.2 Å². The number of nitrogens with one attached hydrogen (secondary N) is 2. The van der Waals surface area contributed by atoms with E-state index >= 15 is 0 Å². The van der Waals surface area contributed by atoms with E-state index in [0.717, 1.165) is 17.7 Å². The van der Waals surface area contributed by atoms with Crippen molar-refractivity contribution in [3.05, 3.63) is 35.0 Å². The molecule has 112 valence electrons. The van der Waals surface area contributed by atoms with Gasteiger partial charge in [-0.2, -0.15) is 13.2 Å². The Balaban J connectivity index is 2.11. The molecule has 0 saturated heterocycles. The number of hydrogen-bond acceptors (Lipinski definition) is 2. The predicted molar refractivity (Wildman–Crippen MR) is 70.0 cm³/mol. The molecule has 2 aromatic rings. The molecule has 1 aliphatic heterocycles. The number of rotatable bonds is 2. The number of aliphatic carboxylic acids is 1. The van der Waals surface area contributed by atoms with E-state index in [9.17, 15) is 18.0 Å². The average Bonchev–Trinajstić information content (AvgIpc) is 2.76. The molecule has 0 fully saturated rings. The van der Waals surface area contributed by atoms with Crippen LogP contribution in [0, 0.1) is 0 Å². The maximum Gasteiger partial charge on any atom is 0.416 e. The number of benzene rings is 1. The molecule has 7 heteroatoms. The zero-order chi connectivity index (χ0) is 15.2. The van der Waals surface area contributed by atoms with Crippen LogP contribution in [0.2, 0.25) is 0 Å². The minimum Gasteiger partial charge on any atom is -0.481 e. The Bertz CT molecular complexity index is 706. The summed E-state index contributed by atoms with van der Waals surface area (Å²) < 4.78 is 38.4. The largest absolute Gasteiger partial charge is 0.481 e. The van der Waals surface area contributed by atoms with Gasteiger partial charge in [0.25, 0.3) is 0 Å². The summed E-state index contributed by atoms with van der Waals surface area (Å²) in [6, 6.07) is 3.17. The van der Waals surface area contributed by atoms with Crippen molar-refractivity contribution in [1.82, 2.24) is 10.3 Å². The second-order valence-electron chi connectivity index (χ2n) is 5.13. The molecule has 0 aliphatic carbocycles. The Labute approximate surface area is 118 Å². The number of alkyl halides is 3. The van der Waals surface area contributed by atoms with Crippen molar-refractivity contribution < 1.29 is 23.1 Å². The first-order chi connectivity index (χ1) is 9.86. The first-order valence-corrected chi connectivity index (χ1v) is 6.53. The molecule has 3 rings (SSSR count). The highest BCUT2D eigenvalue weighted by molar-refractivity contribution is 5.86. The van der Waals surface area contributed by atoms with E-state index in [1.54, 1.807) is 0 Å². The number of carboxylic acids is 1. The molecule has 0 bridgehead atoms. The monoisotopic (exact) mass is 298 g/mol. The van der Waals surface area contributed by atoms with Gasteiger partial charge in [0.1, 0.15) is 0 Å². The number of carbonyl (C=O) groups is 1. The van der Waals surface area contributed by atoms with Crippen molar-refractivity contribution >= 4 is 16.9 Å². The lowest BCUT2D eigenvalue weighted by atomic mass is 9.97. The molecule has 1 aromatic heterocycles. The lowest BCUT2D eigenvalue weighted by Crippen LogP contribution is -2.31. The van der Waals surface area contributed by atoms with Crippen LogP contribution in [0.5, 0.6) is 0 Å². The lowest BCUT2D eigenvalue weighted by Gasteiger charge is -2.22. The summed E-state index contributed by atoms with van der Waals surface area (Å²) in [7, 11) is 0. The van der Waals surface area contributed by atoms with Gasteiger partial charge in [-0.05, 0) is 36.7 Å². The third-order valence-electron chi connectivity index (χ3n) is 3.76. The highest BCUT2D eigenvalue weighted by atomic mass is 19.4. The van der Waals surface area contributed by atoms with Crippen molar-refractivity contribution in [3.8, 4) is 0 Å². The van der Waals surface area contributed by atoms with Gasteiger partial charge in [-0.25, -0.2) is 0 Å². The molecule has 0 saturated carbocycles. The third kappa shape index (κ3) is 2.49. The zero-order valence-corrected chi connectivity index (χ0v) is 10.9. The summed E-state index contributed by atoms with van der Waals surface area (Å²) in [6.07, 6.45) is -3.91. The minimum atomic E-state index is -4.38. The number of carboxylic acid groups (broad SMARTS) is 1. The highest BCUT2D eigenvalue weighted by Crippen LogP contribution is 2.36. The van der Waals surface area contributed by atoms with Gasteiger partial charge in [0.05, 0.1) is 18.0 Å². The Kier molecular flexibility index (Phi) is 3.16. The maximum absolute atomic E-state index is 12.8. The molecule has 1 unspecified atom stereocenters. The number of aromatic amines is 1. The summed E-state index contributed by atoms with van der Waals surface area (Å²) >= 11 is 0. The second kappa shape index (κ2) is 4.77. The Morgan fingerprint density at radius 3 is 2.81 bits per heavy atom. The van der Waals surface area contributed by atoms with Crippen LogP contribution in [0.25, 0.3) is 10.9 Å². The molecule has 21 heavy (non-hydrogen) atoms. The van der Waals surface area contributed by atoms with Crippen molar-refractivity contribution in [2.45, 2.75) is 25.1 Å². The van der Waals surface area contributed by atoms with E-state index in [-0.39, 0.29) is 6.42 Å². The molecule has 1 aromatic carbocycles. The van der Waals surface area contributed by atoms with Gasteiger partial charge in [0.15, 0.2) is 0 Å². The molecule has 4 nitrogen and oxygen atoms in total. The van der Waals surface area contributed by atoms with E-state index in [1.807, 2.05) is 0 Å². The van der Waals surface area contributed by atoms with Crippen molar-refractivity contribution in [2.75, 3.05) is 6.54 Å². The van der Waals surface area contributed by atoms with E-state index in [1.165, 1.54) is 6.07 Å². The van der Waals surface area contributed by atoms with Crippen molar-refractivity contribution in [1.29, 1.82) is 0 Å². The first-order valence-electron chi connectivity index (χ1n) is 6.53. The van der Waals surface area contributed by atoms with Crippen molar-refractivity contribution in [2.24, 2.45) is 0 Å². The number of hydrogen-bond donors (Lipinski definition) is 3. The molecule has 0 radical (unpaired) electrons. The van der Waals surface area contributed by atoms with Gasteiger partial charge in [-0.1, -0.05) is 0 Å². The van der Waals surface area contributed by atoms with Crippen LogP contribution in [0.3, 0.4) is 0 Å². The van der Waals surface area contributed by atoms with Crippen molar-refractivity contribution in [3.63, 3.8) is 0 Å². The number of aromatic nitrogens is 1. The summed E-state index contributed by atoms with van der Waals surface area (Å²) in [4.78, 5) is 13.9. The molecule has 1 atom stereocenters. The summed E-state index contributed by atoms with van der Waals surface area (Å²) in [6.45, 7) is 0.550. The summed E-state index contributed by atoms with van der Waals surface area (Å²) in [5.41, 5.74) is 1.37. The van der Waals surface area contributed by atoms with Gasteiger partial charge in [0, 0.05) is 16.6 Å². The van der Waals surface area contributed by atoms with Crippen LogP contribution in [0.15, 0.2) is 18.2 Å². The summed E-state index contributed by atoms with van der Waals surface area (Å²) in [5.74, 6) is -0.949. The molecule has 0 amide bonds. The zero-order valence-electron chi connectivity index (χ0n) is 10.9. The van der Waals surface area contributed by atoms with Gasteiger partial charge >= 0.3 is 12.1 Å². The number of halogens is 3. The SMILES string of the molecule is O=C(O)CC1NCCc2c1[nH]c1ccc(C(F)(F)F)cc21. The molecule has 0 spiro atoms. The quantitative estimate of drug-likeness (QED) is 0.799. The smallest absolute Gasteiger partial charge is 0.416 e. The van der Waals surface area contributed by atoms with Gasteiger partial charge in [-0.3, -0.25) is 4.79 Å². The van der Waals surface area contributed by atoms with Crippen LogP contribution in [0.1, 0.15) is 29.3 Å². The Morgan fingerprint density at radius 1 is 1.38 bits per heavy atom. The molecular formula is C14H13F3N2O2. The highest BCUT2D eigenvalue weighted by Gasteiger charge is 2.32. The lowest BCUT2D eigenvalue weighted by molar-refractivity contribution is -0.138. The van der Waals surface area contributed by atoms with E-state index in [2.05, 4.69) is 10.3 Å². The molecule has 3 N–H and O–H groups in total. The number of fused-ring (bicyclic) bond motifs is 3. The fourth-order valence-electron chi connectivity index (χ4n) is 2.83. The second-order valence-corrected chi connectivity index (χ2v) is 5.13. The van der Waals surface area contributed by atoms with Gasteiger partial charge < -0.3 is 15.4 Å². The van der Waals surface area contributed by atoms with Crippen LogP contribution >= 0.6 is 0 Å².